The summed E-state index contributed by atoms with van der Waals surface area (Å²) < 4.78 is 38.9. The molecule has 1 N–H and O–H groups in total. The fourth-order valence-corrected chi connectivity index (χ4v) is 2.57. The highest BCUT2D eigenvalue weighted by atomic mass is 19.4. The van der Waals surface area contributed by atoms with Crippen LogP contribution in [-0.2, 0) is 6.18 Å². The molecule has 0 saturated carbocycles. The number of pyridine rings is 1. The van der Waals surface area contributed by atoms with Crippen LogP contribution < -0.4 is 10.2 Å². The maximum absolute atomic E-state index is 13.0. The van der Waals surface area contributed by atoms with Crippen LogP contribution in [0.4, 0.5) is 19.0 Å². The number of nitrogens with one attached hydrogen (secondary N) is 1. The molecule has 2 heterocycles. The van der Waals surface area contributed by atoms with Crippen LogP contribution in [0.15, 0.2) is 18.3 Å². The lowest BCUT2D eigenvalue weighted by Gasteiger charge is -2.34. The lowest BCUT2D eigenvalue weighted by molar-refractivity contribution is -0.137. The Kier molecular flexibility index (Phi) is 4.86. The first-order valence-electron chi connectivity index (χ1n) is 7.00. The van der Waals surface area contributed by atoms with Gasteiger partial charge in [-0.1, -0.05) is 6.92 Å². The first kappa shape index (κ1) is 15.1. The number of piperidine rings is 1. The predicted molar refractivity (Wildman–Crippen MR) is 72.7 cm³/mol. The van der Waals surface area contributed by atoms with Gasteiger partial charge < -0.3 is 10.2 Å². The number of anilines is 1. The SMILES string of the molecule is CCNCC1CCN(c2ncccc2C(F)(F)F)CC1. The molecule has 3 nitrogen and oxygen atoms in total. The van der Waals surface area contributed by atoms with Crippen LogP contribution in [0.25, 0.3) is 0 Å². The highest BCUT2D eigenvalue weighted by Gasteiger charge is 2.36. The maximum atomic E-state index is 13.0. The maximum Gasteiger partial charge on any atom is 0.419 e. The first-order valence-corrected chi connectivity index (χ1v) is 7.00. The van der Waals surface area contributed by atoms with Crippen LogP contribution in [0, 0.1) is 5.92 Å². The van der Waals surface area contributed by atoms with Crippen molar-refractivity contribution < 1.29 is 13.2 Å². The molecule has 0 spiro atoms. The zero-order valence-corrected chi connectivity index (χ0v) is 11.6. The van der Waals surface area contributed by atoms with Crippen molar-refractivity contribution in [1.82, 2.24) is 10.3 Å². The van der Waals surface area contributed by atoms with Crippen LogP contribution >= 0.6 is 0 Å². The Morgan fingerprint density at radius 1 is 1.35 bits per heavy atom. The van der Waals surface area contributed by atoms with Crippen LogP contribution in [-0.4, -0.2) is 31.2 Å². The number of nitrogens with zero attached hydrogens (tertiary/aromatic N) is 2. The van der Waals surface area contributed by atoms with Crippen molar-refractivity contribution in [3.63, 3.8) is 0 Å². The molecule has 1 aliphatic heterocycles. The van der Waals surface area contributed by atoms with E-state index in [4.69, 9.17) is 0 Å². The summed E-state index contributed by atoms with van der Waals surface area (Å²) in [6.45, 7) is 5.20. The third kappa shape index (κ3) is 3.62. The lowest BCUT2D eigenvalue weighted by Crippen LogP contribution is -2.38. The van der Waals surface area contributed by atoms with E-state index in [0.29, 0.717) is 19.0 Å². The van der Waals surface area contributed by atoms with E-state index < -0.39 is 11.7 Å². The fourth-order valence-electron chi connectivity index (χ4n) is 2.57. The minimum Gasteiger partial charge on any atom is -0.356 e. The van der Waals surface area contributed by atoms with Gasteiger partial charge in [-0.25, -0.2) is 4.98 Å². The molecule has 1 saturated heterocycles. The van der Waals surface area contributed by atoms with Gasteiger partial charge in [0.2, 0.25) is 0 Å². The lowest BCUT2D eigenvalue weighted by atomic mass is 9.96. The number of halogens is 3. The number of aromatic nitrogens is 1. The van der Waals surface area contributed by atoms with E-state index >= 15 is 0 Å². The topological polar surface area (TPSA) is 28.2 Å². The second-order valence-corrected chi connectivity index (χ2v) is 5.11. The summed E-state index contributed by atoms with van der Waals surface area (Å²) in [7, 11) is 0. The van der Waals surface area contributed by atoms with Gasteiger partial charge in [0.25, 0.3) is 0 Å². The summed E-state index contributed by atoms with van der Waals surface area (Å²) in [5.74, 6) is 0.617. The zero-order chi connectivity index (χ0) is 14.6. The van der Waals surface area contributed by atoms with Crippen LogP contribution in [0.3, 0.4) is 0 Å². The van der Waals surface area contributed by atoms with E-state index in [1.165, 1.54) is 12.3 Å². The molecule has 0 radical (unpaired) electrons. The Bertz CT molecular complexity index is 426. The number of hydrogen-bond donors (Lipinski definition) is 1. The molecule has 20 heavy (non-hydrogen) atoms. The predicted octanol–water partition coefficient (Wildman–Crippen LogP) is 2.93. The Morgan fingerprint density at radius 3 is 2.65 bits per heavy atom. The molecule has 6 heteroatoms. The fraction of sp³-hybridized carbons (Fsp3) is 0.643. The molecular weight excluding hydrogens is 267 g/mol. The second-order valence-electron chi connectivity index (χ2n) is 5.11. The number of rotatable bonds is 4. The summed E-state index contributed by atoms with van der Waals surface area (Å²) in [4.78, 5) is 5.70. The van der Waals surface area contributed by atoms with Crippen molar-refractivity contribution in [3.8, 4) is 0 Å². The van der Waals surface area contributed by atoms with Crippen molar-refractivity contribution in [2.75, 3.05) is 31.1 Å². The van der Waals surface area contributed by atoms with Crippen LogP contribution in [0.5, 0.6) is 0 Å². The summed E-state index contributed by atoms with van der Waals surface area (Å²) in [5, 5.41) is 3.29. The second kappa shape index (κ2) is 6.43. The van der Waals surface area contributed by atoms with Crippen molar-refractivity contribution in [1.29, 1.82) is 0 Å². The van der Waals surface area contributed by atoms with Crippen molar-refractivity contribution in [2.45, 2.75) is 25.9 Å². The normalized spacial score (nSPS) is 17.5. The molecular formula is C14H20F3N3. The molecule has 1 aromatic rings. The molecule has 0 bridgehead atoms. The van der Waals surface area contributed by atoms with Crippen LogP contribution in [0.2, 0.25) is 0 Å². The quantitative estimate of drug-likeness (QED) is 0.923. The number of hydrogen-bond acceptors (Lipinski definition) is 3. The van der Waals surface area contributed by atoms with E-state index in [9.17, 15) is 13.2 Å². The summed E-state index contributed by atoms with van der Waals surface area (Å²) in [6.07, 6.45) is -1.11. The number of alkyl halides is 3. The van der Waals surface area contributed by atoms with Gasteiger partial charge in [0.15, 0.2) is 0 Å². The minimum absolute atomic E-state index is 0.0712. The molecule has 1 fully saturated rings. The zero-order valence-electron chi connectivity index (χ0n) is 11.6. The van der Waals surface area contributed by atoms with Gasteiger partial charge in [-0.05, 0) is 44.0 Å². The summed E-state index contributed by atoms with van der Waals surface area (Å²) in [6, 6.07) is 2.44. The van der Waals surface area contributed by atoms with Gasteiger partial charge in [-0.2, -0.15) is 13.2 Å². The van der Waals surface area contributed by atoms with Crippen molar-refractivity contribution in [2.24, 2.45) is 5.92 Å². The highest BCUT2D eigenvalue weighted by Crippen LogP contribution is 2.36. The smallest absolute Gasteiger partial charge is 0.356 e. The van der Waals surface area contributed by atoms with E-state index in [1.54, 1.807) is 4.90 Å². The third-order valence-corrected chi connectivity index (χ3v) is 3.69. The van der Waals surface area contributed by atoms with E-state index in [-0.39, 0.29) is 5.82 Å². The van der Waals surface area contributed by atoms with Gasteiger partial charge in [-0.15, -0.1) is 0 Å². The summed E-state index contributed by atoms with van der Waals surface area (Å²) >= 11 is 0. The largest absolute Gasteiger partial charge is 0.419 e. The first-order chi connectivity index (χ1) is 9.52. The Hall–Kier alpha value is -1.30. The average Bonchev–Trinajstić information content (AvgIpc) is 2.45. The molecule has 0 atom stereocenters. The third-order valence-electron chi connectivity index (χ3n) is 3.69. The van der Waals surface area contributed by atoms with Gasteiger partial charge in [-0.3, -0.25) is 0 Å². The van der Waals surface area contributed by atoms with Gasteiger partial charge in [0.1, 0.15) is 5.82 Å². The minimum atomic E-state index is -4.34. The standard InChI is InChI=1S/C14H20F3N3/c1-2-18-10-11-5-8-20(9-6-11)13-12(14(15,16)17)4-3-7-19-13/h3-4,7,11,18H,2,5-6,8-10H2,1H3. The summed E-state index contributed by atoms with van der Waals surface area (Å²) in [5.41, 5.74) is -0.634. The Balaban J connectivity index is 2.04. The van der Waals surface area contributed by atoms with E-state index in [1.807, 2.05) is 0 Å². The Morgan fingerprint density at radius 2 is 2.05 bits per heavy atom. The van der Waals surface area contributed by atoms with Gasteiger partial charge in [0, 0.05) is 19.3 Å². The molecule has 112 valence electrons. The van der Waals surface area contributed by atoms with E-state index in [0.717, 1.165) is 32.0 Å². The van der Waals surface area contributed by atoms with Crippen molar-refractivity contribution >= 4 is 5.82 Å². The highest BCUT2D eigenvalue weighted by molar-refractivity contribution is 5.48. The van der Waals surface area contributed by atoms with Gasteiger partial charge in [0.05, 0.1) is 5.56 Å². The van der Waals surface area contributed by atoms with Crippen molar-refractivity contribution in [3.05, 3.63) is 23.9 Å². The molecule has 2 rings (SSSR count). The van der Waals surface area contributed by atoms with Crippen LogP contribution in [0.1, 0.15) is 25.3 Å². The average molecular weight is 287 g/mol. The van der Waals surface area contributed by atoms with Gasteiger partial charge >= 0.3 is 6.18 Å². The molecule has 0 aromatic carbocycles. The molecule has 0 amide bonds. The Labute approximate surface area is 117 Å². The van der Waals surface area contributed by atoms with E-state index in [2.05, 4.69) is 17.2 Å². The molecule has 1 aromatic heterocycles. The monoisotopic (exact) mass is 287 g/mol. The molecule has 0 aliphatic carbocycles. The molecule has 0 unspecified atom stereocenters. The molecule has 1 aliphatic rings.